The summed E-state index contributed by atoms with van der Waals surface area (Å²) in [4.78, 5) is 27.0. The predicted molar refractivity (Wildman–Crippen MR) is 106 cm³/mol. The van der Waals surface area contributed by atoms with Gasteiger partial charge in [0.15, 0.2) is 0 Å². The van der Waals surface area contributed by atoms with E-state index >= 15 is 0 Å². The molecule has 1 amide bonds. The number of ether oxygens (including phenoxy) is 1. The highest BCUT2D eigenvalue weighted by Crippen LogP contribution is 2.18. The molecule has 0 aliphatic heterocycles. The Morgan fingerprint density at radius 3 is 2.07 bits per heavy atom. The highest BCUT2D eigenvalue weighted by molar-refractivity contribution is 6.11. The van der Waals surface area contributed by atoms with E-state index in [1.54, 1.807) is 31.3 Å². The number of carbonyl (C=O) groups excluding carboxylic acids is 2. The summed E-state index contributed by atoms with van der Waals surface area (Å²) in [6, 6.07) is 23.8. The van der Waals surface area contributed by atoms with Gasteiger partial charge in [0.05, 0.1) is 11.1 Å². The van der Waals surface area contributed by atoms with Crippen molar-refractivity contribution in [2.75, 3.05) is 11.9 Å². The Hall–Kier alpha value is -3.40. The third-order valence-corrected chi connectivity index (χ3v) is 4.32. The number of rotatable bonds is 5. The molecule has 0 fully saturated rings. The maximum absolute atomic E-state index is 12.9. The van der Waals surface area contributed by atoms with E-state index in [-0.39, 0.29) is 18.1 Å². The fourth-order valence-electron chi connectivity index (χ4n) is 2.71. The highest BCUT2D eigenvalue weighted by Gasteiger charge is 2.21. The third kappa shape index (κ3) is 4.42. The van der Waals surface area contributed by atoms with Gasteiger partial charge < -0.3 is 9.64 Å². The molecule has 0 saturated carbocycles. The molecule has 0 saturated heterocycles. The molecule has 0 aliphatic rings. The summed E-state index contributed by atoms with van der Waals surface area (Å²) in [6.45, 7) is 2.16. The topological polar surface area (TPSA) is 46.6 Å². The minimum absolute atomic E-state index is 0.163. The van der Waals surface area contributed by atoms with Crippen molar-refractivity contribution < 1.29 is 14.3 Å². The van der Waals surface area contributed by atoms with Crippen molar-refractivity contribution in [2.24, 2.45) is 0 Å². The number of benzene rings is 3. The standard InChI is InChI=1S/C23H21NO3/c1-17-12-14-18(15-13-17)16-27-23(26)21-11-7-6-10-20(21)22(25)24(2)19-8-4-3-5-9-19/h3-15H,16H2,1-2H3. The lowest BCUT2D eigenvalue weighted by Gasteiger charge is -2.18. The first-order valence-electron chi connectivity index (χ1n) is 8.71. The molecule has 3 aromatic carbocycles. The first-order valence-corrected chi connectivity index (χ1v) is 8.71. The zero-order chi connectivity index (χ0) is 19.2. The van der Waals surface area contributed by atoms with Gasteiger partial charge in [0.1, 0.15) is 6.61 Å². The van der Waals surface area contributed by atoms with Crippen molar-refractivity contribution in [3.63, 3.8) is 0 Å². The van der Waals surface area contributed by atoms with Gasteiger partial charge in [-0.2, -0.15) is 0 Å². The number of carbonyl (C=O) groups is 2. The Kier molecular flexibility index (Phi) is 5.67. The summed E-state index contributed by atoms with van der Waals surface area (Å²) in [6.07, 6.45) is 0. The minimum atomic E-state index is -0.513. The lowest BCUT2D eigenvalue weighted by atomic mass is 10.1. The lowest BCUT2D eigenvalue weighted by molar-refractivity contribution is 0.0470. The van der Waals surface area contributed by atoms with Crippen molar-refractivity contribution in [1.82, 2.24) is 0 Å². The van der Waals surface area contributed by atoms with Crippen molar-refractivity contribution in [3.05, 3.63) is 101 Å². The largest absolute Gasteiger partial charge is 0.457 e. The summed E-state index contributed by atoms with van der Waals surface area (Å²) in [7, 11) is 1.69. The van der Waals surface area contributed by atoms with E-state index in [9.17, 15) is 9.59 Å². The Bertz CT molecular complexity index is 933. The van der Waals surface area contributed by atoms with Crippen LogP contribution in [0.3, 0.4) is 0 Å². The van der Waals surface area contributed by atoms with E-state index in [1.807, 2.05) is 61.5 Å². The molecule has 4 nitrogen and oxygen atoms in total. The second-order valence-corrected chi connectivity index (χ2v) is 6.31. The summed E-state index contributed by atoms with van der Waals surface area (Å²) < 4.78 is 5.42. The van der Waals surface area contributed by atoms with E-state index < -0.39 is 5.97 Å². The quantitative estimate of drug-likeness (QED) is 0.624. The summed E-state index contributed by atoms with van der Waals surface area (Å²) in [5.41, 5.74) is 3.38. The predicted octanol–water partition coefficient (Wildman–Crippen LogP) is 4.63. The minimum Gasteiger partial charge on any atom is -0.457 e. The van der Waals surface area contributed by atoms with E-state index in [1.165, 1.54) is 4.90 Å². The summed E-state index contributed by atoms with van der Waals surface area (Å²) >= 11 is 0. The number of amides is 1. The molecule has 0 aliphatic carbocycles. The van der Waals surface area contributed by atoms with E-state index in [0.717, 1.165) is 16.8 Å². The van der Waals surface area contributed by atoms with Crippen LogP contribution in [-0.4, -0.2) is 18.9 Å². The van der Waals surface area contributed by atoms with Crippen molar-refractivity contribution in [1.29, 1.82) is 0 Å². The van der Waals surface area contributed by atoms with Gasteiger partial charge in [-0.3, -0.25) is 4.79 Å². The van der Waals surface area contributed by atoms with Crippen LogP contribution in [-0.2, 0) is 11.3 Å². The van der Waals surface area contributed by atoms with Crippen LogP contribution in [0.5, 0.6) is 0 Å². The number of para-hydroxylation sites is 1. The van der Waals surface area contributed by atoms with Crippen molar-refractivity contribution >= 4 is 17.6 Å². The Morgan fingerprint density at radius 2 is 1.41 bits per heavy atom. The van der Waals surface area contributed by atoms with Crippen LogP contribution >= 0.6 is 0 Å². The van der Waals surface area contributed by atoms with Crippen LogP contribution in [0.4, 0.5) is 5.69 Å². The van der Waals surface area contributed by atoms with Crippen LogP contribution < -0.4 is 4.90 Å². The van der Waals surface area contributed by atoms with Gasteiger partial charge in [0.2, 0.25) is 0 Å². The second kappa shape index (κ2) is 8.32. The molecule has 0 radical (unpaired) electrons. The maximum atomic E-state index is 12.9. The molecule has 0 spiro atoms. The van der Waals surface area contributed by atoms with Crippen LogP contribution in [0.1, 0.15) is 31.8 Å². The van der Waals surface area contributed by atoms with Gasteiger partial charge in [-0.05, 0) is 36.8 Å². The van der Waals surface area contributed by atoms with Gasteiger partial charge in [-0.1, -0.05) is 60.2 Å². The molecule has 0 bridgehead atoms. The molecule has 0 unspecified atom stereocenters. The highest BCUT2D eigenvalue weighted by atomic mass is 16.5. The van der Waals surface area contributed by atoms with Gasteiger partial charge in [-0.15, -0.1) is 0 Å². The van der Waals surface area contributed by atoms with Gasteiger partial charge >= 0.3 is 5.97 Å². The maximum Gasteiger partial charge on any atom is 0.339 e. The van der Waals surface area contributed by atoms with Crippen LogP contribution in [0.2, 0.25) is 0 Å². The van der Waals surface area contributed by atoms with E-state index in [0.29, 0.717) is 5.56 Å². The molecule has 3 rings (SSSR count). The Morgan fingerprint density at radius 1 is 0.815 bits per heavy atom. The Labute approximate surface area is 159 Å². The molecule has 27 heavy (non-hydrogen) atoms. The molecular weight excluding hydrogens is 338 g/mol. The number of hydrogen-bond acceptors (Lipinski definition) is 3. The second-order valence-electron chi connectivity index (χ2n) is 6.31. The number of hydrogen-bond donors (Lipinski definition) is 0. The third-order valence-electron chi connectivity index (χ3n) is 4.32. The first-order chi connectivity index (χ1) is 13.1. The average molecular weight is 359 g/mol. The number of nitrogens with zero attached hydrogens (tertiary/aromatic N) is 1. The van der Waals surface area contributed by atoms with Crippen LogP contribution in [0, 0.1) is 6.92 Å². The summed E-state index contributed by atoms with van der Waals surface area (Å²) in [5.74, 6) is -0.773. The van der Waals surface area contributed by atoms with Gasteiger partial charge in [0, 0.05) is 12.7 Å². The zero-order valence-electron chi connectivity index (χ0n) is 15.4. The van der Waals surface area contributed by atoms with Crippen LogP contribution in [0.25, 0.3) is 0 Å². The number of anilines is 1. The van der Waals surface area contributed by atoms with Gasteiger partial charge in [-0.25, -0.2) is 4.79 Å². The molecular formula is C23H21NO3. The molecule has 0 N–H and O–H groups in total. The number of aryl methyl sites for hydroxylation is 1. The Balaban J connectivity index is 1.77. The van der Waals surface area contributed by atoms with Crippen molar-refractivity contribution in [3.8, 4) is 0 Å². The molecule has 4 heteroatoms. The first kappa shape index (κ1) is 18.4. The number of esters is 1. The van der Waals surface area contributed by atoms with Crippen LogP contribution in [0.15, 0.2) is 78.9 Å². The molecule has 136 valence electrons. The molecule has 0 heterocycles. The van der Waals surface area contributed by atoms with Crippen molar-refractivity contribution in [2.45, 2.75) is 13.5 Å². The fourth-order valence-corrected chi connectivity index (χ4v) is 2.71. The summed E-state index contributed by atoms with van der Waals surface area (Å²) in [5, 5.41) is 0. The molecule has 0 aromatic heterocycles. The average Bonchev–Trinajstić information content (AvgIpc) is 2.72. The SMILES string of the molecule is Cc1ccc(COC(=O)c2ccccc2C(=O)N(C)c2ccccc2)cc1. The normalized spacial score (nSPS) is 10.3. The molecule has 3 aromatic rings. The monoisotopic (exact) mass is 359 g/mol. The van der Waals surface area contributed by atoms with Gasteiger partial charge in [0.25, 0.3) is 5.91 Å². The zero-order valence-corrected chi connectivity index (χ0v) is 15.4. The fraction of sp³-hybridized carbons (Fsp3) is 0.130. The smallest absolute Gasteiger partial charge is 0.339 e. The van der Waals surface area contributed by atoms with E-state index in [4.69, 9.17) is 4.74 Å². The van der Waals surface area contributed by atoms with E-state index in [2.05, 4.69) is 0 Å². The lowest BCUT2D eigenvalue weighted by Crippen LogP contribution is -2.28. The molecule has 0 atom stereocenters.